The Bertz CT molecular complexity index is 928. The molecule has 5 nitrogen and oxygen atoms in total. The van der Waals surface area contributed by atoms with Crippen LogP contribution in [-0.4, -0.2) is 16.0 Å². The van der Waals surface area contributed by atoms with Crippen molar-refractivity contribution >= 4 is 56.5 Å². The number of aromatic nitrogens is 1. The number of carbonyl (C=O) groups is 1. The molecular formula is C17H11BrClN3O2S. The summed E-state index contributed by atoms with van der Waals surface area (Å²) >= 11 is 14.4. The summed E-state index contributed by atoms with van der Waals surface area (Å²) in [5.41, 5.74) is 1.37. The van der Waals surface area contributed by atoms with Crippen LogP contribution in [0.5, 0.6) is 0 Å². The van der Waals surface area contributed by atoms with Crippen molar-refractivity contribution in [2.75, 3.05) is 5.32 Å². The maximum Gasteiger partial charge on any atom is 0.293 e. The summed E-state index contributed by atoms with van der Waals surface area (Å²) in [5, 5.41) is 5.71. The van der Waals surface area contributed by atoms with Crippen molar-refractivity contribution in [1.82, 2.24) is 10.3 Å². The van der Waals surface area contributed by atoms with Crippen molar-refractivity contribution in [3.63, 3.8) is 0 Å². The summed E-state index contributed by atoms with van der Waals surface area (Å²) in [6.45, 7) is 0. The fourth-order valence-electron chi connectivity index (χ4n) is 2.03. The monoisotopic (exact) mass is 435 g/mol. The van der Waals surface area contributed by atoms with Crippen molar-refractivity contribution < 1.29 is 9.21 Å². The number of benzene rings is 1. The summed E-state index contributed by atoms with van der Waals surface area (Å²) in [6.07, 6.45) is 1.56. The molecule has 2 N–H and O–H groups in total. The number of amides is 1. The molecule has 0 aliphatic rings. The molecule has 0 bridgehead atoms. The molecule has 25 heavy (non-hydrogen) atoms. The molecule has 0 saturated carbocycles. The minimum absolute atomic E-state index is 0.0986. The number of rotatable bonds is 3. The highest BCUT2D eigenvalue weighted by atomic mass is 79.9. The number of halogens is 2. The second kappa shape index (κ2) is 7.77. The van der Waals surface area contributed by atoms with Crippen molar-refractivity contribution in [2.45, 2.75) is 0 Å². The smallest absolute Gasteiger partial charge is 0.293 e. The van der Waals surface area contributed by atoms with E-state index in [4.69, 9.17) is 28.2 Å². The van der Waals surface area contributed by atoms with E-state index in [2.05, 4.69) is 31.5 Å². The van der Waals surface area contributed by atoms with Crippen LogP contribution in [0.15, 0.2) is 63.6 Å². The average molecular weight is 437 g/mol. The lowest BCUT2D eigenvalue weighted by atomic mass is 10.2. The first kappa shape index (κ1) is 17.6. The highest BCUT2D eigenvalue weighted by molar-refractivity contribution is 9.10. The second-order valence-corrected chi connectivity index (χ2v) is 6.60. The van der Waals surface area contributed by atoms with Gasteiger partial charge in [0.05, 0.1) is 5.69 Å². The quantitative estimate of drug-likeness (QED) is 0.452. The molecule has 8 heteroatoms. The SMILES string of the molecule is O=C(NC(=S)Nc1cccnc1Cl)c1ccc(-c2ccc(Br)cc2)o1. The first-order chi connectivity index (χ1) is 12.0. The molecule has 0 saturated heterocycles. The van der Waals surface area contributed by atoms with E-state index in [1.54, 1.807) is 30.5 Å². The molecular weight excluding hydrogens is 426 g/mol. The van der Waals surface area contributed by atoms with Gasteiger partial charge in [-0.25, -0.2) is 4.98 Å². The molecule has 0 aliphatic heterocycles. The molecule has 0 radical (unpaired) electrons. The Hall–Kier alpha value is -2.22. The highest BCUT2D eigenvalue weighted by Crippen LogP contribution is 2.24. The van der Waals surface area contributed by atoms with Gasteiger partial charge in [-0.1, -0.05) is 39.7 Å². The van der Waals surface area contributed by atoms with E-state index >= 15 is 0 Å². The molecule has 1 aromatic carbocycles. The van der Waals surface area contributed by atoms with E-state index < -0.39 is 5.91 Å². The molecule has 2 aromatic heterocycles. The predicted octanol–water partition coefficient (Wildman–Crippen LogP) is 4.88. The lowest BCUT2D eigenvalue weighted by molar-refractivity contribution is 0.0951. The van der Waals surface area contributed by atoms with Gasteiger partial charge in [0, 0.05) is 16.2 Å². The molecule has 0 unspecified atom stereocenters. The van der Waals surface area contributed by atoms with Gasteiger partial charge in [0.2, 0.25) is 0 Å². The summed E-state index contributed by atoms with van der Waals surface area (Å²) in [7, 11) is 0. The molecule has 0 atom stereocenters. The van der Waals surface area contributed by atoms with Gasteiger partial charge in [0.15, 0.2) is 16.0 Å². The zero-order valence-electron chi connectivity index (χ0n) is 12.6. The van der Waals surface area contributed by atoms with Gasteiger partial charge < -0.3 is 9.73 Å². The molecule has 3 aromatic rings. The van der Waals surface area contributed by atoms with E-state index in [1.165, 1.54) is 0 Å². The number of pyridine rings is 1. The number of carbonyl (C=O) groups excluding carboxylic acids is 1. The van der Waals surface area contributed by atoms with E-state index in [0.29, 0.717) is 11.4 Å². The van der Waals surface area contributed by atoms with Gasteiger partial charge in [0.1, 0.15) is 5.76 Å². The first-order valence-corrected chi connectivity index (χ1v) is 8.69. The Kier molecular flexibility index (Phi) is 5.47. The molecule has 0 spiro atoms. The third-order valence-electron chi connectivity index (χ3n) is 3.19. The van der Waals surface area contributed by atoms with Crippen LogP contribution in [0.2, 0.25) is 5.15 Å². The van der Waals surface area contributed by atoms with E-state index in [0.717, 1.165) is 10.0 Å². The molecule has 1 amide bonds. The van der Waals surface area contributed by atoms with Crippen LogP contribution in [0.25, 0.3) is 11.3 Å². The van der Waals surface area contributed by atoms with Crippen LogP contribution in [0.4, 0.5) is 5.69 Å². The Morgan fingerprint density at radius 2 is 1.92 bits per heavy atom. The minimum atomic E-state index is -0.458. The highest BCUT2D eigenvalue weighted by Gasteiger charge is 2.14. The topological polar surface area (TPSA) is 67.2 Å². The third-order valence-corrected chi connectivity index (χ3v) is 4.23. The summed E-state index contributed by atoms with van der Waals surface area (Å²) in [6, 6.07) is 14.3. The Morgan fingerprint density at radius 1 is 1.16 bits per heavy atom. The molecule has 3 rings (SSSR count). The van der Waals surface area contributed by atoms with Gasteiger partial charge >= 0.3 is 0 Å². The van der Waals surface area contributed by atoms with Gasteiger partial charge in [-0.2, -0.15) is 0 Å². The van der Waals surface area contributed by atoms with Crippen LogP contribution in [-0.2, 0) is 0 Å². The number of thiocarbonyl (C=S) groups is 1. The largest absolute Gasteiger partial charge is 0.451 e. The summed E-state index contributed by atoms with van der Waals surface area (Å²) in [4.78, 5) is 16.2. The molecule has 0 aliphatic carbocycles. The van der Waals surface area contributed by atoms with E-state index in [1.807, 2.05) is 24.3 Å². The van der Waals surface area contributed by atoms with Crippen molar-refractivity contribution in [3.8, 4) is 11.3 Å². The number of nitrogens with one attached hydrogen (secondary N) is 2. The Morgan fingerprint density at radius 3 is 2.64 bits per heavy atom. The molecule has 0 fully saturated rings. The fraction of sp³-hybridized carbons (Fsp3) is 0. The van der Waals surface area contributed by atoms with Crippen molar-refractivity contribution in [2.24, 2.45) is 0 Å². The average Bonchev–Trinajstić information content (AvgIpc) is 3.08. The Balaban J connectivity index is 1.66. The lowest BCUT2D eigenvalue weighted by Gasteiger charge is -2.09. The third kappa shape index (κ3) is 4.45. The first-order valence-electron chi connectivity index (χ1n) is 7.11. The van der Waals surface area contributed by atoms with E-state index in [-0.39, 0.29) is 16.0 Å². The standard InChI is InChI=1S/C17H11BrClN3O2S/c18-11-5-3-10(4-6-11)13-7-8-14(24-13)16(23)22-17(25)21-12-2-1-9-20-15(12)19/h1-9H,(H2,21,22,23,25). The Labute approximate surface area is 162 Å². The number of anilines is 1. The number of nitrogens with zero attached hydrogens (tertiary/aromatic N) is 1. The fourth-order valence-corrected chi connectivity index (χ4v) is 2.66. The lowest BCUT2D eigenvalue weighted by Crippen LogP contribution is -2.34. The number of hydrogen-bond acceptors (Lipinski definition) is 4. The molecule has 126 valence electrons. The summed E-state index contributed by atoms with van der Waals surface area (Å²) in [5.74, 6) is 0.284. The maximum absolute atomic E-state index is 12.2. The minimum Gasteiger partial charge on any atom is -0.451 e. The molecule has 2 heterocycles. The summed E-state index contributed by atoms with van der Waals surface area (Å²) < 4.78 is 6.56. The van der Waals surface area contributed by atoms with Crippen molar-refractivity contribution in [3.05, 3.63) is 70.1 Å². The van der Waals surface area contributed by atoms with Crippen LogP contribution in [0.1, 0.15) is 10.6 Å². The zero-order valence-corrected chi connectivity index (χ0v) is 15.8. The van der Waals surface area contributed by atoms with Gasteiger partial charge in [0.25, 0.3) is 5.91 Å². The van der Waals surface area contributed by atoms with Gasteiger partial charge in [-0.05, 0) is 48.6 Å². The van der Waals surface area contributed by atoms with Crippen molar-refractivity contribution in [1.29, 1.82) is 0 Å². The number of furan rings is 1. The maximum atomic E-state index is 12.2. The normalized spacial score (nSPS) is 10.3. The van der Waals surface area contributed by atoms with Crippen LogP contribution in [0.3, 0.4) is 0 Å². The second-order valence-electron chi connectivity index (χ2n) is 4.92. The van der Waals surface area contributed by atoms with E-state index in [9.17, 15) is 4.79 Å². The van der Waals surface area contributed by atoms with Crippen LogP contribution >= 0.6 is 39.7 Å². The number of hydrogen-bond donors (Lipinski definition) is 2. The zero-order chi connectivity index (χ0) is 17.8. The van der Waals surface area contributed by atoms with Crippen LogP contribution < -0.4 is 10.6 Å². The predicted molar refractivity (Wildman–Crippen MR) is 105 cm³/mol. The van der Waals surface area contributed by atoms with Gasteiger partial charge in [-0.15, -0.1) is 0 Å². The van der Waals surface area contributed by atoms with Gasteiger partial charge in [-0.3, -0.25) is 10.1 Å². The van der Waals surface area contributed by atoms with Crippen LogP contribution in [0, 0.1) is 0 Å².